The van der Waals surface area contributed by atoms with E-state index >= 15 is 0 Å². The highest BCUT2D eigenvalue weighted by Crippen LogP contribution is 2.38. The lowest BCUT2D eigenvalue weighted by atomic mass is 10.2. The molecule has 1 fully saturated rings. The molecule has 0 radical (unpaired) electrons. The predicted molar refractivity (Wildman–Crippen MR) is 82.3 cm³/mol. The van der Waals surface area contributed by atoms with E-state index in [1.165, 1.54) is 0 Å². The molecule has 1 aliphatic heterocycles. The first-order valence-corrected chi connectivity index (χ1v) is 7.73. The fraction of sp³-hybridized carbons (Fsp3) is 0.462. The second kappa shape index (κ2) is 6.38. The van der Waals surface area contributed by atoms with Gasteiger partial charge in [-0.3, -0.25) is 5.10 Å². The summed E-state index contributed by atoms with van der Waals surface area (Å²) in [5.74, 6) is 0.0796. The van der Waals surface area contributed by atoms with Gasteiger partial charge in [-0.05, 0) is 6.92 Å². The van der Waals surface area contributed by atoms with Crippen molar-refractivity contribution in [3.8, 4) is 11.4 Å². The Bertz CT molecular complexity index is 752. The minimum absolute atomic E-state index is 0.0542. The van der Waals surface area contributed by atoms with Crippen molar-refractivity contribution in [1.82, 2.24) is 20.2 Å². The number of aromatic nitrogens is 4. The van der Waals surface area contributed by atoms with Gasteiger partial charge in [0.05, 0.1) is 31.0 Å². The maximum absolute atomic E-state index is 13.1. The first kappa shape index (κ1) is 17.2. The van der Waals surface area contributed by atoms with Crippen LogP contribution in [0.1, 0.15) is 12.6 Å². The molecule has 1 saturated heterocycles. The molecule has 130 valence electrons. The average molecular weight is 382 g/mol. The van der Waals surface area contributed by atoms with Crippen molar-refractivity contribution in [1.29, 1.82) is 0 Å². The summed E-state index contributed by atoms with van der Waals surface area (Å²) in [5.41, 5.74) is -1.33. The molecule has 0 bridgehead atoms. The number of aromatic amines is 1. The van der Waals surface area contributed by atoms with E-state index in [9.17, 15) is 13.2 Å². The number of anilines is 1. The summed E-state index contributed by atoms with van der Waals surface area (Å²) in [6, 6.07) is -0.0542. The van der Waals surface area contributed by atoms with Crippen LogP contribution in [0.25, 0.3) is 11.4 Å². The Morgan fingerprint density at radius 3 is 2.75 bits per heavy atom. The summed E-state index contributed by atoms with van der Waals surface area (Å²) in [6.07, 6.45) is -3.61. The van der Waals surface area contributed by atoms with Gasteiger partial charge in [0.15, 0.2) is 22.5 Å². The van der Waals surface area contributed by atoms with Gasteiger partial charge in [0.2, 0.25) is 0 Å². The molecular formula is C13H12Cl2F3N5O. The van der Waals surface area contributed by atoms with Gasteiger partial charge in [0, 0.05) is 6.54 Å². The van der Waals surface area contributed by atoms with E-state index in [0.717, 1.165) is 6.20 Å². The van der Waals surface area contributed by atoms with Gasteiger partial charge in [-0.2, -0.15) is 18.3 Å². The first-order valence-electron chi connectivity index (χ1n) is 6.97. The van der Waals surface area contributed by atoms with Gasteiger partial charge in [0.1, 0.15) is 5.02 Å². The number of halogens is 5. The van der Waals surface area contributed by atoms with Gasteiger partial charge in [0.25, 0.3) is 0 Å². The van der Waals surface area contributed by atoms with E-state index < -0.39 is 11.9 Å². The number of ether oxygens (including phenoxy) is 1. The van der Waals surface area contributed by atoms with Crippen LogP contribution >= 0.6 is 23.2 Å². The molecule has 3 heterocycles. The summed E-state index contributed by atoms with van der Waals surface area (Å²) < 4.78 is 44.5. The Balaban J connectivity index is 2.10. The summed E-state index contributed by atoms with van der Waals surface area (Å²) in [7, 11) is 0. The zero-order valence-corrected chi connectivity index (χ0v) is 13.9. The number of alkyl halides is 3. The number of rotatable bonds is 2. The third-order valence-corrected chi connectivity index (χ3v) is 4.31. The normalized spacial score (nSPS) is 18.9. The minimum atomic E-state index is -4.62. The standard InChI is InChI=1S/C13H12Cl2F3N5O/c1-6-5-24-3-2-23(6)12-8(14)10(15)20-11(21-12)7-4-19-22-9(7)13(16,17)18/h4,6H,2-3,5H2,1H3,(H,19,22)/t6-/m1/s1. The Morgan fingerprint density at radius 2 is 2.08 bits per heavy atom. The maximum atomic E-state index is 13.1. The molecule has 2 aromatic heterocycles. The molecule has 3 rings (SSSR count). The van der Waals surface area contributed by atoms with Gasteiger partial charge in [-0.25, -0.2) is 9.97 Å². The van der Waals surface area contributed by atoms with Crippen molar-refractivity contribution in [2.45, 2.75) is 19.1 Å². The van der Waals surface area contributed by atoms with Crippen molar-refractivity contribution >= 4 is 29.0 Å². The van der Waals surface area contributed by atoms with Gasteiger partial charge >= 0.3 is 6.18 Å². The molecule has 0 spiro atoms. The zero-order chi connectivity index (χ0) is 17.5. The van der Waals surface area contributed by atoms with Gasteiger partial charge < -0.3 is 9.64 Å². The second-order valence-electron chi connectivity index (χ2n) is 5.25. The highest BCUT2D eigenvalue weighted by Gasteiger charge is 2.37. The summed E-state index contributed by atoms with van der Waals surface area (Å²) in [6.45, 7) is 3.29. The molecule has 0 aliphatic carbocycles. The SMILES string of the molecule is C[C@@H]1COCCN1c1nc(-c2cn[nH]c2C(F)(F)F)nc(Cl)c1Cl. The van der Waals surface area contributed by atoms with E-state index in [1.54, 1.807) is 0 Å². The number of H-pyrrole nitrogens is 1. The van der Waals surface area contributed by atoms with Gasteiger partial charge in [-0.15, -0.1) is 0 Å². The third-order valence-electron chi connectivity index (χ3n) is 3.60. The number of hydrogen-bond donors (Lipinski definition) is 1. The second-order valence-corrected chi connectivity index (χ2v) is 5.99. The van der Waals surface area contributed by atoms with Crippen molar-refractivity contribution in [2.24, 2.45) is 0 Å². The lowest BCUT2D eigenvalue weighted by Gasteiger charge is -2.34. The highest BCUT2D eigenvalue weighted by molar-refractivity contribution is 6.42. The largest absolute Gasteiger partial charge is 0.433 e. The molecule has 24 heavy (non-hydrogen) atoms. The van der Waals surface area contributed by atoms with Gasteiger partial charge in [-0.1, -0.05) is 23.2 Å². The van der Waals surface area contributed by atoms with Crippen LogP contribution in [0, 0.1) is 0 Å². The molecule has 11 heteroatoms. The third kappa shape index (κ3) is 3.15. The van der Waals surface area contributed by atoms with Crippen molar-refractivity contribution in [2.75, 3.05) is 24.7 Å². The van der Waals surface area contributed by atoms with E-state index in [-0.39, 0.29) is 33.4 Å². The fourth-order valence-electron chi connectivity index (χ4n) is 2.43. The molecule has 6 nitrogen and oxygen atoms in total. The Morgan fingerprint density at radius 1 is 1.33 bits per heavy atom. The maximum Gasteiger partial charge on any atom is 0.433 e. The van der Waals surface area contributed by atoms with E-state index in [0.29, 0.717) is 19.8 Å². The molecule has 1 aliphatic rings. The van der Waals surface area contributed by atoms with E-state index in [1.807, 2.05) is 16.9 Å². The molecule has 0 saturated carbocycles. The van der Waals surface area contributed by atoms with Crippen molar-refractivity contribution < 1.29 is 17.9 Å². The topological polar surface area (TPSA) is 66.9 Å². The van der Waals surface area contributed by atoms with Crippen LogP contribution in [0.2, 0.25) is 10.2 Å². The quantitative estimate of drug-likeness (QED) is 0.807. The predicted octanol–water partition coefficient (Wildman–Crippen LogP) is 3.42. The average Bonchev–Trinajstić information content (AvgIpc) is 3.00. The van der Waals surface area contributed by atoms with E-state index in [4.69, 9.17) is 27.9 Å². The van der Waals surface area contributed by atoms with E-state index in [2.05, 4.69) is 15.1 Å². The lowest BCUT2D eigenvalue weighted by Crippen LogP contribution is -2.44. The molecule has 0 aromatic carbocycles. The molecule has 2 aromatic rings. The number of nitrogens with zero attached hydrogens (tertiary/aromatic N) is 4. The van der Waals surface area contributed by atoms with Crippen LogP contribution in [-0.2, 0) is 10.9 Å². The van der Waals surface area contributed by atoms with Crippen LogP contribution in [0.4, 0.5) is 19.0 Å². The van der Waals surface area contributed by atoms with Crippen LogP contribution in [0.15, 0.2) is 6.20 Å². The molecular weight excluding hydrogens is 370 g/mol. The van der Waals surface area contributed by atoms with Crippen molar-refractivity contribution in [3.63, 3.8) is 0 Å². The first-order chi connectivity index (χ1) is 11.3. The summed E-state index contributed by atoms with van der Waals surface area (Å²) >= 11 is 12.2. The molecule has 0 amide bonds. The monoisotopic (exact) mass is 381 g/mol. The molecule has 1 atom stereocenters. The van der Waals surface area contributed by atoms with Crippen LogP contribution < -0.4 is 4.90 Å². The Labute approximate surface area is 144 Å². The number of hydrogen-bond acceptors (Lipinski definition) is 5. The fourth-order valence-corrected chi connectivity index (χ4v) is 2.79. The molecule has 1 N–H and O–H groups in total. The smallest absolute Gasteiger partial charge is 0.377 e. The minimum Gasteiger partial charge on any atom is -0.377 e. The number of morpholine rings is 1. The Hall–Kier alpha value is -1.58. The number of nitrogens with one attached hydrogen (secondary N) is 1. The zero-order valence-electron chi connectivity index (χ0n) is 12.4. The summed E-state index contributed by atoms with van der Waals surface area (Å²) in [4.78, 5) is 9.91. The van der Waals surface area contributed by atoms with Crippen LogP contribution in [0.5, 0.6) is 0 Å². The highest BCUT2D eigenvalue weighted by atomic mass is 35.5. The van der Waals surface area contributed by atoms with Crippen LogP contribution in [-0.4, -0.2) is 46.0 Å². The lowest BCUT2D eigenvalue weighted by molar-refractivity contribution is -0.140. The Kier molecular flexibility index (Phi) is 4.58. The molecule has 0 unspecified atom stereocenters. The van der Waals surface area contributed by atoms with Crippen molar-refractivity contribution in [3.05, 3.63) is 22.1 Å². The van der Waals surface area contributed by atoms with Crippen LogP contribution in [0.3, 0.4) is 0 Å². The summed E-state index contributed by atoms with van der Waals surface area (Å²) in [5, 5.41) is 5.33.